The Morgan fingerprint density at radius 2 is 1.71 bits per heavy atom. The molecule has 2 aromatic carbocycles. The molecule has 0 saturated carbocycles. The average Bonchev–Trinajstić information content (AvgIpc) is 3.25. The van der Waals surface area contributed by atoms with Crippen LogP contribution >= 0.6 is 0 Å². The molecule has 1 fully saturated rings. The van der Waals surface area contributed by atoms with Gasteiger partial charge in [0.2, 0.25) is 10.0 Å². The van der Waals surface area contributed by atoms with Gasteiger partial charge in [-0.05, 0) is 32.0 Å². The van der Waals surface area contributed by atoms with Crippen molar-refractivity contribution in [2.24, 2.45) is 0 Å². The lowest BCUT2D eigenvalue weighted by atomic mass is 10.2. The number of aromatic nitrogens is 3. The zero-order valence-corrected chi connectivity index (χ0v) is 19.8. The Morgan fingerprint density at radius 1 is 1.03 bits per heavy atom. The van der Waals surface area contributed by atoms with Crippen molar-refractivity contribution in [3.05, 3.63) is 75.6 Å². The van der Waals surface area contributed by atoms with Crippen LogP contribution in [0.5, 0.6) is 0 Å². The summed E-state index contributed by atoms with van der Waals surface area (Å²) in [6.07, 6.45) is 0. The van der Waals surface area contributed by atoms with E-state index >= 15 is 0 Å². The smallest absolute Gasteiger partial charge is 0.276 e. The van der Waals surface area contributed by atoms with Crippen LogP contribution in [0.3, 0.4) is 0 Å². The van der Waals surface area contributed by atoms with Crippen LogP contribution in [0, 0.1) is 17.0 Å². The number of nitro groups is 1. The summed E-state index contributed by atoms with van der Waals surface area (Å²) in [5.41, 5.74) is 1.08. The number of hydrogen-bond donors (Lipinski definition) is 0. The highest BCUT2D eigenvalue weighted by atomic mass is 32.2. The molecule has 1 amide bonds. The Kier molecular flexibility index (Phi) is 6.45. The number of rotatable bonds is 6. The second-order valence-corrected chi connectivity index (χ2v) is 9.93. The summed E-state index contributed by atoms with van der Waals surface area (Å²) in [4.78, 5) is 36.8. The molecule has 1 aliphatic heterocycles. The number of carbonyl (C=O) groups is 2. The lowest BCUT2D eigenvalue weighted by Gasteiger charge is -2.33. The van der Waals surface area contributed by atoms with Crippen molar-refractivity contribution in [3.63, 3.8) is 0 Å². The monoisotopic (exact) mass is 498 g/mol. The van der Waals surface area contributed by atoms with Crippen molar-refractivity contribution in [2.75, 3.05) is 26.2 Å². The van der Waals surface area contributed by atoms with E-state index in [1.165, 1.54) is 57.2 Å². The zero-order chi connectivity index (χ0) is 25.3. The van der Waals surface area contributed by atoms with E-state index in [0.717, 1.165) is 0 Å². The fraction of sp³-hybridized carbons (Fsp3) is 0.273. The summed E-state index contributed by atoms with van der Waals surface area (Å²) < 4.78 is 28.7. The van der Waals surface area contributed by atoms with Crippen molar-refractivity contribution >= 4 is 27.4 Å². The molecule has 0 N–H and O–H groups in total. The van der Waals surface area contributed by atoms with E-state index in [-0.39, 0.29) is 48.2 Å². The Morgan fingerprint density at radius 3 is 2.37 bits per heavy atom. The molecule has 0 bridgehead atoms. The van der Waals surface area contributed by atoms with Crippen molar-refractivity contribution in [1.82, 2.24) is 24.2 Å². The highest BCUT2D eigenvalue weighted by Gasteiger charge is 2.32. The van der Waals surface area contributed by atoms with Crippen LogP contribution in [0.25, 0.3) is 5.69 Å². The first-order valence-electron chi connectivity index (χ1n) is 10.7. The zero-order valence-electron chi connectivity index (χ0n) is 19.0. The van der Waals surface area contributed by atoms with Gasteiger partial charge in [-0.3, -0.25) is 19.7 Å². The van der Waals surface area contributed by atoms with Gasteiger partial charge in [0.05, 0.1) is 21.2 Å². The van der Waals surface area contributed by atoms with Crippen molar-refractivity contribution < 1.29 is 22.9 Å². The molecule has 4 rings (SSSR count). The van der Waals surface area contributed by atoms with Gasteiger partial charge in [-0.15, -0.1) is 5.10 Å². The lowest BCUT2D eigenvalue weighted by molar-refractivity contribution is -0.384. The van der Waals surface area contributed by atoms with Crippen molar-refractivity contribution in [1.29, 1.82) is 0 Å². The maximum Gasteiger partial charge on any atom is 0.276 e. The van der Waals surface area contributed by atoms with E-state index in [1.807, 2.05) is 0 Å². The van der Waals surface area contributed by atoms with Gasteiger partial charge in [0.25, 0.3) is 11.6 Å². The fourth-order valence-corrected chi connectivity index (χ4v) is 5.28. The summed E-state index contributed by atoms with van der Waals surface area (Å²) >= 11 is 0. The maximum absolute atomic E-state index is 13.1. The number of nitrogens with zero attached hydrogens (tertiary/aromatic N) is 6. The van der Waals surface area contributed by atoms with E-state index in [0.29, 0.717) is 16.9 Å². The number of amides is 1. The van der Waals surface area contributed by atoms with Gasteiger partial charge in [0.1, 0.15) is 0 Å². The highest BCUT2D eigenvalue weighted by molar-refractivity contribution is 7.89. The Balaban J connectivity index is 1.48. The normalized spacial score (nSPS) is 14.6. The molecule has 1 aliphatic rings. The second-order valence-electron chi connectivity index (χ2n) is 7.99. The van der Waals surface area contributed by atoms with Gasteiger partial charge in [0, 0.05) is 43.9 Å². The molecule has 1 aromatic heterocycles. The maximum atomic E-state index is 13.1. The molecule has 182 valence electrons. The number of nitro benzene ring substituents is 1. The van der Waals surface area contributed by atoms with Gasteiger partial charge in [-0.25, -0.2) is 13.1 Å². The first-order valence-corrected chi connectivity index (χ1v) is 12.1. The summed E-state index contributed by atoms with van der Waals surface area (Å²) in [6.45, 7) is 3.45. The van der Waals surface area contributed by atoms with Gasteiger partial charge < -0.3 is 4.90 Å². The number of hydrogen-bond acceptors (Lipinski definition) is 8. The second kappa shape index (κ2) is 9.35. The van der Waals surface area contributed by atoms with Crippen LogP contribution in [-0.4, -0.2) is 75.4 Å². The molecule has 0 radical (unpaired) electrons. The number of Topliss-reactive ketones (excluding diaryl/α,β-unsaturated/α-hetero) is 1. The molecule has 13 heteroatoms. The van der Waals surface area contributed by atoms with Crippen LogP contribution < -0.4 is 0 Å². The minimum atomic E-state index is -3.83. The lowest BCUT2D eigenvalue weighted by Crippen LogP contribution is -2.50. The minimum absolute atomic E-state index is 0.0284. The number of sulfonamides is 1. The fourth-order valence-electron chi connectivity index (χ4n) is 3.82. The molecular formula is C22H22N6O6S. The van der Waals surface area contributed by atoms with Gasteiger partial charge in [0.15, 0.2) is 11.5 Å². The van der Waals surface area contributed by atoms with Crippen molar-refractivity contribution in [2.45, 2.75) is 18.7 Å². The van der Waals surface area contributed by atoms with Crippen LogP contribution in [0.15, 0.2) is 53.4 Å². The summed E-state index contributed by atoms with van der Waals surface area (Å²) in [6, 6.07) is 11.7. The highest BCUT2D eigenvalue weighted by Crippen LogP contribution is 2.22. The van der Waals surface area contributed by atoms with Crippen LogP contribution in [0.2, 0.25) is 0 Å². The number of ketones is 1. The third-order valence-electron chi connectivity index (χ3n) is 5.79. The molecular weight excluding hydrogens is 476 g/mol. The number of non-ortho nitro benzene ring substituents is 1. The SMILES string of the molecule is CC(=O)c1cccc(S(=O)(=O)N2CCN(C(=O)c3nnn(-c4cccc([N+](=O)[O-])c4)c3C)CC2)c1. The molecule has 0 atom stereocenters. The van der Waals surface area contributed by atoms with Gasteiger partial charge in [-0.2, -0.15) is 4.31 Å². The number of carbonyl (C=O) groups excluding carboxylic acids is 2. The van der Waals surface area contributed by atoms with Crippen molar-refractivity contribution in [3.8, 4) is 5.69 Å². The topological polar surface area (TPSA) is 149 Å². The predicted molar refractivity (Wildman–Crippen MR) is 124 cm³/mol. The molecule has 2 heterocycles. The van der Waals surface area contributed by atoms with Gasteiger partial charge >= 0.3 is 0 Å². The Hall–Kier alpha value is -3.97. The van der Waals surface area contributed by atoms with E-state index in [1.54, 1.807) is 19.1 Å². The number of piperazine rings is 1. The number of benzene rings is 2. The van der Waals surface area contributed by atoms with E-state index in [4.69, 9.17) is 0 Å². The third-order valence-corrected chi connectivity index (χ3v) is 7.68. The Labute approximate surface area is 201 Å². The van der Waals surface area contributed by atoms with E-state index < -0.39 is 20.9 Å². The van der Waals surface area contributed by atoms with E-state index in [2.05, 4.69) is 10.3 Å². The standard InChI is InChI=1S/C22H22N6O6S/c1-15-21(23-24-27(15)18-6-4-7-19(14-18)28(31)32)22(30)25-9-11-26(12-10-25)35(33,34)20-8-3-5-17(13-20)16(2)29/h3-8,13-14H,9-12H2,1-2H3. The average molecular weight is 499 g/mol. The summed E-state index contributed by atoms with van der Waals surface area (Å²) in [5.74, 6) is -0.638. The third kappa shape index (κ3) is 4.68. The van der Waals surface area contributed by atoms with Crippen LogP contribution in [0.1, 0.15) is 33.5 Å². The first-order chi connectivity index (χ1) is 16.6. The molecule has 35 heavy (non-hydrogen) atoms. The predicted octanol–water partition coefficient (Wildman–Crippen LogP) is 1.83. The molecule has 0 spiro atoms. The first kappa shape index (κ1) is 24.2. The van der Waals surface area contributed by atoms with Crippen LogP contribution in [-0.2, 0) is 10.0 Å². The molecule has 1 saturated heterocycles. The van der Waals surface area contributed by atoms with E-state index in [9.17, 15) is 28.1 Å². The Bertz CT molecular complexity index is 1430. The minimum Gasteiger partial charge on any atom is -0.335 e. The van der Waals surface area contributed by atoms with Crippen LogP contribution in [0.4, 0.5) is 5.69 Å². The largest absolute Gasteiger partial charge is 0.335 e. The summed E-state index contributed by atoms with van der Waals surface area (Å²) in [7, 11) is -3.83. The summed E-state index contributed by atoms with van der Waals surface area (Å²) in [5, 5.41) is 19.0. The molecule has 0 aliphatic carbocycles. The molecule has 3 aromatic rings. The molecule has 12 nitrogen and oxygen atoms in total. The molecule has 0 unspecified atom stereocenters. The van der Waals surface area contributed by atoms with Gasteiger partial charge in [-0.1, -0.05) is 23.4 Å². The quantitative estimate of drug-likeness (QED) is 0.284.